The van der Waals surface area contributed by atoms with E-state index in [9.17, 15) is 4.79 Å². The minimum absolute atomic E-state index is 0.253. The summed E-state index contributed by atoms with van der Waals surface area (Å²) in [7, 11) is 1.55. The van der Waals surface area contributed by atoms with Crippen molar-refractivity contribution in [2.75, 3.05) is 12.4 Å². The minimum atomic E-state index is -0.253. The highest BCUT2D eigenvalue weighted by atomic mass is 16.5. The van der Waals surface area contributed by atoms with Crippen molar-refractivity contribution in [2.24, 2.45) is 0 Å². The van der Waals surface area contributed by atoms with Crippen LogP contribution >= 0.6 is 0 Å². The lowest BCUT2D eigenvalue weighted by atomic mass is 10.2. The highest BCUT2D eigenvalue weighted by molar-refractivity contribution is 6.06. The third-order valence-corrected chi connectivity index (χ3v) is 4.41. The SMILES string of the molecule is COc1ccccc1C(=O)Nc1nc2ccccc2n1Cc1ccccc1. The lowest BCUT2D eigenvalue weighted by molar-refractivity contribution is 0.102. The van der Waals surface area contributed by atoms with Crippen LogP contribution in [-0.4, -0.2) is 22.6 Å². The van der Waals surface area contributed by atoms with Gasteiger partial charge in [0.05, 0.1) is 30.3 Å². The lowest BCUT2D eigenvalue weighted by Crippen LogP contribution is -2.17. The first-order valence-corrected chi connectivity index (χ1v) is 8.70. The third kappa shape index (κ3) is 3.40. The van der Waals surface area contributed by atoms with Crippen molar-refractivity contribution >= 4 is 22.9 Å². The van der Waals surface area contributed by atoms with E-state index in [1.165, 1.54) is 0 Å². The highest BCUT2D eigenvalue weighted by Gasteiger charge is 2.17. The number of nitrogens with one attached hydrogen (secondary N) is 1. The molecule has 0 saturated carbocycles. The Morgan fingerprint density at radius 2 is 1.67 bits per heavy atom. The molecule has 5 heteroatoms. The number of ether oxygens (including phenoxy) is 1. The topological polar surface area (TPSA) is 56.1 Å². The number of nitrogens with zero attached hydrogens (tertiary/aromatic N) is 2. The fraction of sp³-hybridized carbons (Fsp3) is 0.0909. The number of imidazole rings is 1. The monoisotopic (exact) mass is 357 g/mol. The third-order valence-electron chi connectivity index (χ3n) is 4.41. The summed E-state index contributed by atoms with van der Waals surface area (Å²) < 4.78 is 7.31. The van der Waals surface area contributed by atoms with Crippen molar-refractivity contribution in [2.45, 2.75) is 6.54 Å². The molecule has 0 unspecified atom stereocenters. The van der Waals surface area contributed by atoms with E-state index in [1.807, 2.05) is 59.2 Å². The molecule has 5 nitrogen and oxygen atoms in total. The van der Waals surface area contributed by atoms with Crippen LogP contribution in [0, 0.1) is 0 Å². The fourth-order valence-electron chi connectivity index (χ4n) is 3.10. The average molecular weight is 357 g/mol. The number of benzene rings is 3. The Balaban J connectivity index is 1.73. The molecule has 0 aliphatic heterocycles. The zero-order chi connectivity index (χ0) is 18.6. The molecule has 0 saturated heterocycles. The predicted molar refractivity (Wildman–Crippen MR) is 106 cm³/mol. The molecule has 0 aliphatic carbocycles. The number of hydrogen-bond acceptors (Lipinski definition) is 3. The van der Waals surface area contributed by atoms with Crippen molar-refractivity contribution in [1.82, 2.24) is 9.55 Å². The summed E-state index contributed by atoms with van der Waals surface area (Å²) in [5.41, 5.74) is 3.41. The van der Waals surface area contributed by atoms with Gasteiger partial charge in [-0.1, -0.05) is 54.6 Å². The number of amides is 1. The molecule has 0 aliphatic rings. The normalized spacial score (nSPS) is 10.7. The summed E-state index contributed by atoms with van der Waals surface area (Å²) in [5, 5.41) is 2.94. The molecular weight excluding hydrogens is 338 g/mol. The minimum Gasteiger partial charge on any atom is -0.496 e. The molecule has 0 fully saturated rings. The fourth-order valence-corrected chi connectivity index (χ4v) is 3.10. The average Bonchev–Trinajstić information content (AvgIpc) is 3.05. The zero-order valence-corrected chi connectivity index (χ0v) is 14.9. The van der Waals surface area contributed by atoms with Gasteiger partial charge in [-0.3, -0.25) is 10.1 Å². The molecule has 27 heavy (non-hydrogen) atoms. The van der Waals surface area contributed by atoms with Gasteiger partial charge >= 0.3 is 0 Å². The molecule has 4 aromatic rings. The van der Waals surface area contributed by atoms with Gasteiger partial charge in [0.15, 0.2) is 0 Å². The van der Waals surface area contributed by atoms with E-state index in [0.717, 1.165) is 16.6 Å². The first-order chi connectivity index (χ1) is 13.3. The van der Waals surface area contributed by atoms with Crippen LogP contribution in [-0.2, 0) is 6.54 Å². The van der Waals surface area contributed by atoms with Gasteiger partial charge in [0.2, 0.25) is 5.95 Å². The van der Waals surface area contributed by atoms with Crippen LogP contribution < -0.4 is 10.1 Å². The maximum Gasteiger partial charge on any atom is 0.261 e. The second kappa shape index (κ2) is 7.33. The molecule has 3 aromatic carbocycles. The molecule has 1 N–H and O–H groups in total. The van der Waals surface area contributed by atoms with Gasteiger partial charge in [0.25, 0.3) is 5.91 Å². The summed E-state index contributed by atoms with van der Waals surface area (Å²) in [4.78, 5) is 17.5. The van der Waals surface area contributed by atoms with E-state index in [4.69, 9.17) is 4.74 Å². The Morgan fingerprint density at radius 1 is 0.963 bits per heavy atom. The van der Waals surface area contributed by atoms with Gasteiger partial charge in [-0.15, -0.1) is 0 Å². The van der Waals surface area contributed by atoms with Gasteiger partial charge in [-0.25, -0.2) is 4.98 Å². The molecule has 1 amide bonds. The second-order valence-electron chi connectivity index (χ2n) is 6.15. The lowest BCUT2D eigenvalue weighted by Gasteiger charge is -2.12. The highest BCUT2D eigenvalue weighted by Crippen LogP contribution is 2.23. The summed E-state index contributed by atoms with van der Waals surface area (Å²) in [6, 6.07) is 25.1. The number of carbonyl (C=O) groups excluding carboxylic acids is 1. The van der Waals surface area contributed by atoms with Crippen molar-refractivity contribution < 1.29 is 9.53 Å². The van der Waals surface area contributed by atoms with Gasteiger partial charge in [-0.2, -0.15) is 0 Å². The number of fused-ring (bicyclic) bond motifs is 1. The second-order valence-corrected chi connectivity index (χ2v) is 6.15. The summed E-state index contributed by atoms with van der Waals surface area (Å²) >= 11 is 0. The van der Waals surface area contributed by atoms with Crippen molar-refractivity contribution in [1.29, 1.82) is 0 Å². The molecule has 0 spiro atoms. The number of anilines is 1. The summed E-state index contributed by atoms with van der Waals surface area (Å²) in [6.45, 7) is 0.614. The van der Waals surface area contributed by atoms with Gasteiger partial charge in [-0.05, 0) is 29.8 Å². The van der Waals surface area contributed by atoms with Crippen LogP contribution in [0.1, 0.15) is 15.9 Å². The van der Waals surface area contributed by atoms with Crippen LogP contribution in [0.3, 0.4) is 0 Å². The Kier molecular flexibility index (Phi) is 4.58. The summed E-state index contributed by atoms with van der Waals surface area (Å²) in [5.74, 6) is 0.786. The largest absolute Gasteiger partial charge is 0.496 e. The van der Waals surface area contributed by atoms with Gasteiger partial charge in [0, 0.05) is 0 Å². The molecule has 1 aromatic heterocycles. The quantitative estimate of drug-likeness (QED) is 0.578. The van der Waals surface area contributed by atoms with E-state index in [0.29, 0.717) is 23.8 Å². The summed E-state index contributed by atoms with van der Waals surface area (Å²) in [6.07, 6.45) is 0. The Labute approximate surface area is 157 Å². The van der Waals surface area contributed by atoms with Crippen LogP contribution in [0.2, 0.25) is 0 Å². The molecule has 0 atom stereocenters. The number of carbonyl (C=O) groups is 1. The molecule has 134 valence electrons. The Morgan fingerprint density at radius 3 is 2.48 bits per heavy atom. The van der Waals surface area contributed by atoms with Crippen LogP contribution in [0.4, 0.5) is 5.95 Å². The van der Waals surface area contributed by atoms with Gasteiger partial charge in [0.1, 0.15) is 5.75 Å². The first kappa shape index (κ1) is 16.8. The standard InChI is InChI=1S/C22H19N3O2/c1-27-20-14-8-5-11-17(20)21(26)24-22-23-18-12-6-7-13-19(18)25(22)15-16-9-3-2-4-10-16/h2-14H,15H2,1H3,(H,23,24,26). The van der Waals surface area contributed by atoms with E-state index < -0.39 is 0 Å². The number of hydrogen-bond donors (Lipinski definition) is 1. The maximum atomic E-state index is 12.8. The molecular formula is C22H19N3O2. The number of aromatic nitrogens is 2. The molecule has 0 bridgehead atoms. The van der Waals surface area contributed by atoms with Crippen molar-refractivity contribution in [3.63, 3.8) is 0 Å². The number of para-hydroxylation sites is 3. The van der Waals surface area contributed by atoms with E-state index in [1.54, 1.807) is 19.2 Å². The zero-order valence-electron chi connectivity index (χ0n) is 14.9. The van der Waals surface area contributed by atoms with E-state index in [2.05, 4.69) is 22.4 Å². The smallest absolute Gasteiger partial charge is 0.261 e. The number of rotatable bonds is 5. The Hall–Kier alpha value is -3.60. The predicted octanol–water partition coefficient (Wildman–Crippen LogP) is 4.35. The van der Waals surface area contributed by atoms with Gasteiger partial charge < -0.3 is 9.30 Å². The first-order valence-electron chi connectivity index (χ1n) is 8.70. The number of methoxy groups -OCH3 is 1. The van der Waals surface area contributed by atoms with Crippen LogP contribution in [0.15, 0.2) is 78.9 Å². The maximum absolute atomic E-state index is 12.8. The van der Waals surface area contributed by atoms with E-state index in [-0.39, 0.29) is 5.91 Å². The molecule has 4 rings (SSSR count). The van der Waals surface area contributed by atoms with Crippen molar-refractivity contribution in [3.05, 3.63) is 90.0 Å². The van der Waals surface area contributed by atoms with Crippen LogP contribution in [0.25, 0.3) is 11.0 Å². The van der Waals surface area contributed by atoms with Crippen molar-refractivity contribution in [3.8, 4) is 5.75 Å². The van der Waals surface area contributed by atoms with E-state index >= 15 is 0 Å². The Bertz CT molecular complexity index is 1090. The van der Waals surface area contributed by atoms with Crippen LogP contribution in [0.5, 0.6) is 5.75 Å². The molecule has 1 heterocycles. The molecule has 0 radical (unpaired) electrons.